The summed E-state index contributed by atoms with van der Waals surface area (Å²) in [4.78, 5) is 0. The molecule has 0 radical (unpaired) electrons. The fourth-order valence-corrected chi connectivity index (χ4v) is 4.57. The van der Waals surface area contributed by atoms with E-state index in [1.165, 1.54) is 30.9 Å². The van der Waals surface area contributed by atoms with Crippen LogP contribution in [0.5, 0.6) is 0 Å². The Morgan fingerprint density at radius 3 is 2.63 bits per heavy atom. The molecule has 0 nitrogen and oxygen atoms in total. The zero-order chi connectivity index (χ0) is 13.0. The third-order valence-electron chi connectivity index (χ3n) is 3.40. The van der Waals surface area contributed by atoms with Crippen LogP contribution in [0.15, 0.2) is 53.0 Å². The van der Waals surface area contributed by atoms with Crippen molar-refractivity contribution in [3.63, 3.8) is 0 Å². The van der Waals surface area contributed by atoms with Crippen LogP contribution in [-0.4, -0.2) is 0 Å². The fourth-order valence-electron chi connectivity index (χ4n) is 2.59. The minimum absolute atomic E-state index is 0.832. The summed E-state index contributed by atoms with van der Waals surface area (Å²) < 4.78 is 3.58. The Labute approximate surface area is 127 Å². The Morgan fingerprint density at radius 1 is 0.895 bits per heavy atom. The molecule has 0 fully saturated rings. The van der Waals surface area contributed by atoms with E-state index in [1.54, 1.807) is 11.3 Å². The van der Waals surface area contributed by atoms with Gasteiger partial charge in [0.1, 0.15) is 0 Å². The van der Waals surface area contributed by atoms with Crippen molar-refractivity contribution in [2.45, 2.75) is 0 Å². The van der Waals surface area contributed by atoms with E-state index in [9.17, 15) is 0 Å². The van der Waals surface area contributed by atoms with Crippen LogP contribution in [0.1, 0.15) is 0 Å². The van der Waals surface area contributed by atoms with Crippen molar-refractivity contribution in [2.24, 2.45) is 0 Å². The van der Waals surface area contributed by atoms with Crippen LogP contribution in [0.4, 0.5) is 0 Å². The highest BCUT2D eigenvalue weighted by atomic mass is 79.9. The molecule has 0 N–H and O–H groups in total. The van der Waals surface area contributed by atoms with E-state index < -0.39 is 0 Å². The summed E-state index contributed by atoms with van der Waals surface area (Å²) in [7, 11) is 0. The molecule has 92 valence electrons. The van der Waals surface area contributed by atoms with E-state index in [0.29, 0.717) is 0 Å². The Bertz CT molecular complexity index is 940. The van der Waals surface area contributed by atoms with Gasteiger partial charge in [-0.3, -0.25) is 0 Å². The van der Waals surface area contributed by atoms with Crippen LogP contribution >= 0.6 is 38.9 Å². The lowest BCUT2D eigenvalue weighted by atomic mass is 10.0. The molecular formula is C16H8BrClS. The maximum atomic E-state index is 6.32. The van der Waals surface area contributed by atoms with Gasteiger partial charge in [-0.2, -0.15) is 0 Å². The predicted molar refractivity (Wildman–Crippen MR) is 89.5 cm³/mol. The molecule has 0 aliphatic carbocycles. The maximum Gasteiger partial charge on any atom is 0.0584 e. The van der Waals surface area contributed by atoms with Crippen molar-refractivity contribution in [3.8, 4) is 0 Å². The largest absolute Gasteiger partial charge is 0.134 e. The molecule has 4 rings (SSSR count). The summed E-state index contributed by atoms with van der Waals surface area (Å²) >= 11 is 11.8. The molecule has 0 bridgehead atoms. The zero-order valence-electron chi connectivity index (χ0n) is 9.78. The molecule has 1 heterocycles. The summed E-state index contributed by atoms with van der Waals surface area (Å²) in [5.74, 6) is 0. The number of hydrogen-bond donors (Lipinski definition) is 0. The van der Waals surface area contributed by atoms with Gasteiger partial charge in [0.25, 0.3) is 0 Å². The fraction of sp³-hybridized carbons (Fsp3) is 0. The molecule has 0 saturated carbocycles. The minimum Gasteiger partial charge on any atom is -0.134 e. The first-order chi connectivity index (χ1) is 9.25. The van der Waals surface area contributed by atoms with E-state index in [0.717, 1.165) is 9.50 Å². The maximum absolute atomic E-state index is 6.32. The molecule has 0 unspecified atom stereocenters. The van der Waals surface area contributed by atoms with E-state index in [2.05, 4.69) is 52.3 Å². The van der Waals surface area contributed by atoms with Gasteiger partial charge in [-0.25, -0.2) is 0 Å². The standard InChI is InChI=1S/C16H8BrClS/c17-11-5-1-3-9-7-8-13-15(14(9)11)10-4-2-6-12(18)16(10)19-13/h1-8H. The molecule has 0 aliphatic rings. The molecule has 19 heavy (non-hydrogen) atoms. The Balaban J connectivity index is 2.39. The third-order valence-corrected chi connectivity index (χ3v) is 5.70. The third kappa shape index (κ3) is 1.64. The number of hydrogen-bond acceptors (Lipinski definition) is 1. The predicted octanol–water partition coefficient (Wildman–Crippen LogP) is 6.62. The highest BCUT2D eigenvalue weighted by molar-refractivity contribution is 9.10. The van der Waals surface area contributed by atoms with E-state index in [-0.39, 0.29) is 0 Å². The van der Waals surface area contributed by atoms with Crippen molar-refractivity contribution < 1.29 is 0 Å². The number of thiophene rings is 1. The number of benzene rings is 3. The van der Waals surface area contributed by atoms with Gasteiger partial charge in [0.2, 0.25) is 0 Å². The molecule has 0 aliphatic heterocycles. The summed E-state index contributed by atoms with van der Waals surface area (Å²) in [6, 6.07) is 16.8. The van der Waals surface area contributed by atoms with Gasteiger partial charge in [0.15, 0.2) is 0 Å². The topological polar surface area (TPSA) is 0 Å². The summed E-state index contributed by atoms with van der Waals surface area (Å²) in [5.41, 5.74) is 0. The van der Waals surface area contributed by atoms with Gasteiger partial charge in [-0.1, -0.05) is 57.9 Å². The monoisotopic (exact) mass is 346 g/mol. The number of fused-ring (bicyclic) bond motifs is 5. The van der Waals surface area contributed by atoms with Gasteiger partial charge < -0.3 is 0 Å². The molecule has 0 saturated heterocycles. The van der Waals surface area contributed by atoms with Crippen LogP contribution in [-0.2, 0) is 0 Å². The first-order valence-corrected chi connectivity index (χ1v) is 7.92. The average molecular weight is 348 g/mol. The van der Waals surface area contributed by atoms with Crippen LogP contribution in [0, 0.1) is 0 Å². The van der Waals surface area contributed by atoms with Gasteiger partial charge in [-0.15, -0.1) is 11.3 Å². The van der Waals surface area contributed by atoms with Crippen molar-refractivity contribution >= 4 is 69.8 Å². The van der Waals surface area contributed by atoms with Crippen LogP contribution in [0.25, 0.3) is 30.9 Å². The normalized spacial score (nSPS) is 11.7. The van der Waals surface area contributed by atoms with Crippen molar-refractivity contribution in [2.75, 3.05) is 0 Å². The molecule has 0 atom stereocenters. The van der Waals surface area contributed by atoms with Crippen LogP contribution < -0.4 is 0 Å². The number of rotatable bonds is 0. The van der Waals surface area contributed by atoms with Crippen molar-refractivity contribution in [1.29, 1.82) is 0 Å². The van der Waals surface area contributed by atoms with Gasteiger partial charge in [-0.05, 0) is 23.6 Å². The molecule has 3 aromatic carbocycles. The summed E-state index contributed by atoms with van der Waals surface area (Å²) in [6.45, 7) is 0. The zero-order valence-corrected chi connectivity index (χ0v) is 12.9. The minimum atomic E-state index is 0.832. The second-order valence-corrected chi connectivity index (χ2v) is 6.81. The molecule has 1 aromatic heterocycles. The lowest BCUT2D eigenvalue weighted by Crippen LogP contribution is -1.76. The quantitative estimate of drug-likeness (QED) is 0.335. The van der Waals surface area contributed by atoms with Crippen LogP contribution in [0.2, 0.25) is 5.02 Å². The van der Waals surface area contributed by atoms with Crippen molar-refractivity contribution in [3.05, 3.63) is 58.0 Å². The first-order valence-electron chi connectivity index (χ1n) is 5.93. The SMILES string of the molecule is Clc1cccc2c1sc1ccc3cccc(Br)c3c12. The Hall–Kier alpha value is -1.09. The molecule has 4 aromatic rings. The van der Waals surface area contributed by atoms with Gasteiger partial charge >= 0.3 is 0 Å². The average Bonchev–Trinajstić information content (AvgIpc) is 2.79. The highest BCUT2D eigenvalue weighted by Crippen LogP contribution is 2.42. The molecular weight excluding hydrogens is 340 g/mol. The summed E-state index contributed by atoms with van der Waals surface area (Å²) in [5, 5.41) is 5.89. The lowest BCUT2D eigenvalue weighted by molar-refractivity contribution is 1.76. The summed E-state index contributed by atoms with van der Waals surface area (Å²) in [6.07, 6.45) is 0. The molecule has 0 spiro atoms. The van der Waals surface area contributed by atoms with E-state index >= 15 is 0 Å². The molecule has 0 amide bonds. The first kappa shape index (κ1) is 11.7. The Kier molecular flexibility index (Phi) is 2.59. The Morgan fingerprint density at radius 2 is 1.74 bits per heavy atom. The smallest absolute Gasteiger partial charge is 0.0584 e. The highest BCUT2D eigenvalue weighted by Gasteiger charge is 2.12. The van der Waals surface area contributed by atoms with Crippen LogP contribution in [0.3, 0.4) is 0 Å². The van der Waals surface area contributed by atoms with E-state index in [4.69, 9.17) is 11.6 Å². The molecule has 3 heteroatoms. The second kappa shape index (κ2) is 4.20. The lowest BCUT2D eigenvalue weighted by Gasteiger charge is -2.03. The van der Waals surface area contributed by atoms with Gasteiger partial charge in [0, 0.05) is 25.3 Å². The second-order valence-electron chi connectivity index (χ2n) is 4.50. The van der Waals surface area contributed by atoms with E-state index in [1.807, 2.05) is 12.1 Å². The number of halogens is 2. The van der Waals surface area contributed by atoms with Crippen molar-refractivity contribution in [1.82, 2.24) is 0 Å². The van der Waals surface area contributed by atoms with Gasteiger partial charge in [0.05, 0.1) is 9.72 Å².